The van der Waals surface area contributed by atoms with Crippen molar-refractivity contribution >= 4 is 0 Å². The maximum absolute atomic E-state index is 5.64. The Balaban J connectivity index is 1.44. The van der Waals surface area contributed by atoms with Gasteiger partial charge in [0, 0.05) is 13.2 Å². The van der Waals surface area contributed by atoms with Gasteiger partial charge in [0.1, 0.15) is 0 Å². The maximum Gasteiger partial charge on any atom is 0.0588 e. The summed E-state index contributed by atoms with van der Waals surface area (Å²) in [5.41, 5.74) is 3.06. The zero-order valence-electron chi connectivity index (χ0n) is 11.0. The van der Waals surface area contributed by atoms with Crippen molar-refractivity contribution in [1.82, 2.24) is 5.32 Å². The first-order valence-electron chi connectivity index (χ1n) is 7.33. The SMILES string of the molecule is c1ccc(C2CC2)c(CNCCC2CCCO2)c1. The Morgan fingerprint density at radius 2 is 2.06 bits per heavy atom. The second-order valence-corrected chi connectivity index (χ2v) is 5.57. The molecule has 2 heteroatoms. The molecule has 0 amide bonds. The molecule has 1 aliphatic carbocycles. The molecule has 2 aliphatic rings. The normalized spacial score (nSPS) is 23.4. The van der Waals surface area contributed by atoms with Gasteiger partial charge in [0.25, 0.3) is 0 Å². The van der Waals surface area contributed by atoms with E-state index >= 15 is 0 Å². The van der Waals surface area contributed by atoms with Crippen LogP contribution in [0.4, 0.5) is 0 Å². The summed E-state index contributed by atoms with van der Waals surface area (Å²) in [7, 11) is 0. The van der Waals surface area contributed by atoms with Gasteiger partial charge in [-0.1, -0.05) is 24.3 Å². The molecule has 2 fully saturated rings. The smallest absolute Gasteiger partial charge is 0.0588 e. The molecule has 1 aliphatic heterocycles. The van der Waals surface area contributed by atoms with Crippen LogP contribution in [0.15, 0.2) is 24.3 Å². The van der Waals surface area contributed by atoms with Crippen molar-refractivity contribution in [3.05, 3.63) is 35.4 Å². The molecular formula is C16H23NO. The molecule has 0 aromatic heterocycles. The van der Waals surface area contributed by atoms with Crippen LogP contribution < -0.4 is 5.32 Å². The molecule has 1 aromatic carbocycles. The van der Waals surface area contributed by atoms with Gasteiger partial charge < -0.3 is 10.1 Å². The summed E-state index contributed by atoms with van der Waals surface area (Å²) in [6.45, 7) is 3.05. The van der Waals surface area contributed by atoms with Gasteiger partial charge in [0.15, 0.2) is 0 Å². The predicted octanol–water partition coefficient (Wildman–Crippen LogP) is 3.22. The first-order valence-corrected chi connectivity index (χ1v) is 7.33. The highest BCUT2D eigenvalue weighted by molar-refractivity contribution is 5.33. The number of hydrogen-bond donors (Lipinski definition) is 1. The molecular weight excluding hydrogens is 222 g/mol. The van der Waals surface area contributed by atoms with Crippen molar-refractivity contribution in [2.45, 2.75) is 50.7 Å². The lowest BCUT2D eigenvalue weighted by molar-refractivity contribution is 0.104. The Morgan fingerprint density at radius 1 is 1.17 bits per heavy atom. The Morgan fingerprint density at radius 3 is 2.83 bits per heavy atom. The molecule has 0 bridgehead atoms. The van der Waals surface area contributed by atoms with Gasteiger partial charge in [-0.15, -0.1) is 0 Å². The van der Waals surface area contributed by atoms with Crippen LogP contribution in [0.3, 0.4) is 0 Å². The van der Waals surface area contributed by atoms with Crippen molar-refractivity contribution in [2.24, 2.45) is 0 Å². The van der Waals surface area contributed by atoms with Crippen molar-refractivity contribution < 1.29 is 4.74 Å². The minimum absolute atomic E-state index is 0.510. The largest absolute Gasteiger partial charge is 0.378 e. The molecule has 18 heavy (non-hydrogen) atoms. The third-order valence-corrected chi connectivity index (χ3v) is 4.05. The third-order valence-electron chi connectivity index (χ3n) is 4.05. The van der Waals surface area contributed by atoms with Crippen LogP contribution in [-0.2, 0) is 11.3 Å². The van der Waals surface area contributed by atoms with Crippen LogP contribution in [0.25, 0.3) is 0 Å². The molecule has 1 saturated carbocycles. The van der Waals surface area contributed by atoms with Crippen LogP contribution in [0.2, 0.25) is 0 Å². The van der Waals surface area contributed by atoms with Gasteiger partial charge in [-0.25, -0.2) is 0 Å². The number of nitrogens with one attached hydrogen (secondary N) is 1. The Kier molecular flexibility index (Phi) is 3.96. The molecule has 1 aromatic rings. The molecule has 1 atom stereocenters. The van der Waals surface area contributed by atoms with E-state index in [1.807, 2.05) is 0 Å². The van der Waals surface area contributed by atoms with Crippen LogP contribution >= 0.6 is 0 Å². The summed E-state index contributed by atoms with van der Waals surface area (Å²) in [6, 6.07) is 8.90. The third kappa shape index (κ3) is 3.12. The molecule has 1 N–H and O–H groups in total. The van der Waals surface area contributed by atoms with Crippen LogP contribution in [0.5, 0.6) is 0 Å². The van der Waals surface area contributed by atoms with E-state index in [9.17, 15) is 0 Å². The topological polar surface area (TPSA) is 21.3 Å². The average Bonchev–Trinajstić information content (AvgIpc) is 3.12. The van der Waals surface area contributed by atoms with Gasteiger partial charge in [-0.3, -0.25) is 0 Å². The summed E-state index contributed by atoms with van der Waals surface area (Å²) in [5, 5.41) is 3.57. The first-order chi connectivity index (χ1) is 8.93. The predicted molar refractivity (Wildman–Crippen MR) is 73.7 cm³/mol. The molecule has 1 saturated heterocycles. The van der Waals surface area contributed by atoms with E-state index in [0.717, 1.165) is 32.0 Å². The van der Waals surface area contributed by atoms with Crippen LogP contribution in [-0.4, -0.2) is 19.3 Å². The minimum atomic E-state index is 0.510. The summed E-state index contributed by atoms with van der Waals surface area (Å²) in [5.74, 6) is 0.848. The lowest BCUT2D eigenvalue weighted by Gasteiger charge is -2.12. The molecule has 3 rings (SSSR count). The van der Waals surface area contributed by atoms with Crippen LogP contribution in [0.1, 0.15) is 49.1 Å². The zero-order valence-corrected chi connectivity index (χ0v) is 11.0. The lowest BCUT2D eigenvalue weighted by Crippen LogP contribution is -2.20. The average molecular weight is 245 g/mol. The van der Waals surface area contributed by atoms with Gasteiger partial charge in [-0.2, -0.15) is 0 Å². The van der Waals surface area contributed by atoms with E-state index in [0.29, 0.717) is 6.10 Å². The molecule has 2 nitrogen and oxygen atoms in total. The quantitative estimate of drug-likeness (QED) is 0.777. The number of hydrogen-bond acceptors (Lipinski definition) is 2. The summed E-state index contributed by atoms with van der Waals surface area (Å²) in [6.07, 6.45) is 6.93. The van der Waals surface area contributed by atoms with Gasteiger partial charge in [0.05, 0.1) is 6.10 Å². The molecule has 1 unspecified atom stereocenters. The zero-order chi connectivity index (χ0) is 12.2. The Labute approximate surface area is 110 Å². The van der Waals surface area contributed by atoms with Gasteiger partial charge in [0.2, 0.25) is 0 Å². The van der Waals surface area contributed by atoms with E-state index in [-0.39, 0.29) is 0 Å². The summed E-state index contributed by atoms with van der Waals surface area (Å²) in [4.78, 5) is 0. The van der Waals surface area contributed by atoms with E-state index in [2.05, 4.69) is 29.6 Å². The monoisotopic (exact) mass is 245 g/mol. The molecule has 1 heterocycles. The van der Waals surface area contributed by atoms with Crippen molar-refractivity contribution in [1.29, 1.82) is 0 Å². The van der Waals surface area contributed by atoms with Crippen molar-refractivity contribution in [3.8, 4) is 0 Å². The standard InChI is InChI=1S/C16H23NO/c1-2-6-16(13-7-8-13)14(4-1)12-17-10-9-15-5-3-11-18-15/h1-2,4,6,13,15,17H,3,5,7-12H2. The minimum Gasteiger partial charge on any atom is -0.378 e. The molecule has 0 spiro atoms. The van der Waals surface area contributed by atoms with Gasteiger partial charge in [-0.05, 0) is 55.7 Å². The lowest BCUT2D eigenvalue weighted by atomic mass is 10.0. The Hall–Kier alpha value is -0.860. The highest BCUT2D eigenvalue weighted by atomic mass is 16.5. The second kappa shape index (κ2) is 5.85. The number of benzene rings is 1. The van der Waals surface area contributed by atoms with E-state index < -0.39 is 0 Å². The fourth-order valence-electron chi connectivity index (χ4n) is 2.85. The molecule has 0 radical (unpaired) electrons. The first kappa shape index (κ1) is 12.2. The maximum atomic E-state index is 5.64. The highest BCUT2D eigenvalue weighted by Gasteiger charge is 2.25. The molecule has 98 valence electrons. The fraction of sp³-hybridized carbons (Fsp3) is 0.625. The van der Waals surface area contributed by atoms with E-state index in [1.54, 1.807) is 5.56 Å². The van der Waals surface area contributed by atoms with Crippen LogP contribution in [0, 0.1) is 0 Å². The number of rotatable bonds is 6. The van der Waals surface area contributed by atoms with Crippen molar-refractivity contribution in [2.75, 3.05) is 13.2 Å². The van der Waals surface area contributed by atoms with Gasteiger partial charge >= 0.3 is 0 Å². The highest BCUT2D eigenvalue weighted by Crippen LogP contribution is 2.41. The van der Waals surface area contributed by atoms with E-state index in [4.69, 9.17) is 4.74 Å². The van der Waals surface area contributed by atoms with Crippen molar-refractivity contribution in [3.63, 3.8) is 0 Å². The number of ether oxygens (including phenoxy) is 1. The Bertz CT molecular complexity index is 380. The summed E-state index contributed by atoms with van der Waals surface area (Å²) >= 11 is 0. The summed E-state index contributed by atoms with van der Waals surface area (Å²) < 4.78 is 5.64. The fourth-order valence-corrected chi connectivity index (χ4v) is 2.85. The van der Waals surface area contributed by atoms with E-state index in [1.165, 1.54) is 31.2 Å². The second-order valence-electron chi connectivity index (χ2n) is 5.57.